The molecule has 30 heavy (non-hydrogen) atoms. The van der Waals surface area contributed by atoms with Gasteiger partial charge in [0.1, 0.15) is 12.4 Å². The van der Waals surface area contributed by atoms with Gasteiger partial charge in [-0.25, -0.2) is 0 Å². The molecule has 0 aliphatic rings. The van der Waals surface area contributed by atoms with Crippen molar-refractivity contribution in [3.8, 4) is 16.9 Å². The Hall–Kier alpha value is -3.28. The molecule has 3 aromatic heterocycles. The Labute approximate surface area is 179 Å². The molecule has 148 valence electrons. The summed E-state index contributed by atoms with van der Waals surface area (Å²) in [5, 5.41) is 5.75. The lowest BCUT2D eigenvalue weighted by molar-refractivity contribution is 0.287. The normalized spacial score (nSPS) is 12.3. The number of aromatic nitrogens is 2. The Kier molecular flexibility index (Phi) is 5.13. The van der Waals surface area contributed by atoms with Crippen LogP contribution in [0, 0.1) is 0 Å². The summed E-state index contributed by atoms with van der Waals surface area (Å²) in [6.07, 6.45) is 8.06. The third-order valence-electron chi connectivity index (χ3n) is 5.19. The van der Waals surface area contributed by atoms with Crippen molar-refractivity contribution in [3.05, 3.63) is 90.3 Å². The summed E-state index contributed by atoms with van der Waals surface area (Å²) in [6.45, 7) is 0.443. The first kappa shape index (κ1) is 18.7. The Morgan fingerprint density at radius 1 is 0.900 bits per heavy atom. The molecule has 0 aliphatic heterocycles. The van der Waals surface area contributed by atoms with Crippen LogP contribution in [0.1, 0.15) is 5.56 Å². The molecule has 5 rings (SSSR count). The van der Waals surface area contributed by atoms with Gasteiger partial charge in [0.2, 0.25) is 0 Å². The molecule has 0 saturated carbocycles. The van der Waals surface area contributed by atoms with Crippen LogP contribution in [0.5, 0.6) is 5.75 Å². The van der Waals surface area contributed by atoms with Crippen LogP contribution in [-0.2, 0) is 6.42 Å². The summed E-state index contributed by atoms with van der Waals surface area (Å²) in [7, 11) is 0. The monoisotopic (exact) mass is 411 g/mol. The minimum atomic E-state index is -0.0835. The van der Waals surface area contributed by atoms with Crippen LogP contribution >= 0.6 is 11.3 Å². The zero-order chi connectivity index (χ0) is 20.3. The van der Waals surface area contributed by atoms with Crippen LogP contribution in [0.2, 0.25) is 0 Å². The highest BCUT2D eigenvalue weighted by Gasteiger charge is 2.10. The summed E-state index contributed by atoms with van der Waals surface area (Å²) in [5.41, 5.74) is 9.77. The lowest BCUT2D eigenvalue weighted by atomic mass is 10.0. The van der Waals surface area contributed by atoms with E-state index in [9.17, 15) is 0 Å². The number of hydrogen-bond acceptors (Lipinski definition) is 5. The van der Waals surface area contributed by atoms with Crippen LogP contribution < -0.4 is 10.5 Å². The van der Waals surface area contributed by atoms with E-state index in [2.05, 4.69) is 57.8 Å². The van der Waals surface area contributed by atoms with Gasteiger partial charge in [-0.05, 0) is 58.0 Å². The van der Waals surface area contributed by atoms with Crippen molar-refractivity contribution in [2.75, 3.05) is 6.61 Å². The van der Waals surface area contributed by atoms with Gasteiger partial charge in [0.05, 0.1) is 6.20 Å². The first-order valence-electron chi connectivity index (χ1n) is 9.89. The first-order valence-corrected chi connectivity index (χ1v) is 10.8. The van der Waals surface area contributed by atoms with Gasteiger partial charge in [-0.1, -0.05) is 30.3 Å². The maximum absolute atomic E-state index is 6.37. The highest BCUT2D eigenvalue weighted by Crippen LogP contribution is 2.28. The van der Waals surface area contributed by atoms with Crippen molar-refractivity contribution in [1.29, 1.82) is 0 Å². The Morgan fingerprint density at radius 3 is 2.80 bits per heavy atom. The van der Waals surface area contributed by atoms with Crippen molar-refractivity contribution >= 4 is 32.2 Å². The van der Waals surface area contributed by atoms with Crippen molar-refractivity contribution in [1.82, 2.24) is 9.97 Å². The van der Waals surface area contributed by atoms with Crippen molar-refractivity contribution < 1.29 is 4.74 Å². The average molecular weight is 412 g/mol. The van der Waals surface area contributed by atoms with E-state index >= 15 is 0 Å². The second-order valence-corrected chi connectivity index (χ2v) is 8.29. The molecular weight excluding hydrogens is 390 g/mol. The summed E-state index contributed by atoms with van der Waals surface area (Å²) >= 11 is 1.76. The third-order valence-corrected chi connectivity index (χ3v) is 6.21. The van der Waals surface area contributed by atoms with Crippen molar-refractivity contribution in [3.63, 3.8) is 0 Å². The largest absolute Gasteiger partial charge is 0.490 e. The molecule has 0 amide bonds. The number of nitrogens with two attached hydrogens (primary N) is 1. The summed E-state index contributed by atoms with van der Waals surface area (Å²) in [4.78, 5) is 8.53. The highest BCUT2D eigenvalue weighted by molar-refractivity contribution is 7.17. The van der Waals surface area contributed by atoms with Crippen LogP contribution in [0.4, 0.5) is 0 Å². The Morgan fingerprint density at radius 2 is 1.83 bits per heavy atom. The molecule has 0 unspecified atom stereocenters. The van der Waals surface area contributed by atoms with Crippen molar-refractivity contribution in [2.45, 2.75) is 12.5 Å². The molecule has 0 aliphatic carbocycles. The molecule has 0 fully saturated rings. The van der Waals surface area contributed by atoms with Gasteiger partial charge in [-0.3, -0.25) is 9.97 Å². The van der Waals surface area contributed by atoms with Gasteiger partial charge in [0, 0.05) is 40.3 Å². The number of pyridine rings is 2. The fraction of sp³-hybridized carbons (Fsp3) is 0.120. The summed E-state index contributed by atoms with van der Waals surface area (Å²) in [6, 6.07) is 18.7. The molecule has 1 atom stereocenters. The van der Waals surface area contributed by atoms with Gasteiger partial charge in [0.15, 0.2) is 0 Å². The number of benzene rings is 2. The maximum atomic E-state index is 6.37. The summed E-state index contributed by atoms with van der Waals surface area (Å²) < 4.78 is 7.28. The average Bonchev–Trinajstić information content (AvgIpc) is 3.20. The predicted molar refractivity (Wildman–Crippen MR) is 124 cm³/mol. The molecule has 2 N–H and O–H groups in total. The van der Waals surface area contributed by atoms with E-state index in [1.807, 2.05) is 30.7 Å². The quantitative estimate of drug-likeness (QED) is 0.403. The lowest BCUT2D eigenvalue weighted by Crippen LogP contribution is -2.30. The smallest absolute Gasteiger partial charge is 0.138 e. The molecule has 2 aromatic carbocycles. The molecule has 3 heterocycles. The van der Waals surface area contributed by atoms with E-state index in [0.29, 0.717) is 6.61 Å². The highest BCUT2D eigenvalue weighted by atomic mass is 32.1. The number of thiophene rings is 1. The standard InChI is InChI=1S/C25H21N3OS/c26-22(10-21-16-30-25-4-2-1-3-24(21)25)15-29-23-11-20(13-28-14-23)17-5-6-19-12-27-8-7-18(19)9-17/h1-9,11-14,16,22H,10,15,26H2/t22-/m0/s1. The second kappa shape index (κ2) is 8.22. The third kappa shape index (κ3) is 3.90. The molecule has 0 radical (unpaired) electrons. The minimum Gasteiger partial charge on any atom is -0.490 e. The Bertz CT molecular complexity index is 1310. The zero-order valence-corrected chi connectivity index (χ0v) is 17.2. The fourth-order valence-corrected chi connectivity index (χ4v) is 4.63. The van der Waals surface area contributed by atoms with E-state index in [-0.39, 0.29) is 6.04 Å². The van der Waals surface area contributed by atoms with E-state index < -0.39 is 0 Å². The van der Waals surface area contributed by atoms with E-state index in [1.54, 1.807) is 17.5 Å². The fourth-order valence-electron chi connectivity index (χ4n) is 3.65. The Balaban J connectivity index is 1.28. The van der Waals surface area contributed by atoms with E-state index in [1.165, 1.54) is 15.6 Å². The van der Waals surface area contributed by atoms with Crippen LogP contribution in [0.25, 0.3) is 32.0 Å². The molecule has 5 aromatic rings. The molecule has 4 nitrogen and oxygen atoms in total. The maximum Gasteiger partial charge on any atom is 0.138 e. The molecule has 0 bridgehead atoms. The van der Waals surface area contributed by atoms with Gasteiger partial charge < -0.3 is 10.5 Å². The predicted octanol–water partition coefficient (Wildman–Crippen LogP) is 5.46. The van der Waals surface area contributed by atoms with Gasteiger partial charge in [-0.15, -0.1) is 11.3 Å². The number of rotatable bonds is 6. The first-order chi connectivity index (χ1) is 14.8. The number of hydrogen-bond donors (Lipinski definition) is 1. The number of fused-ring (bicyclic) bond motifs is 2. The van der Waals surface area contributed by atoms with Gasteiger partial charge >= 0.3 is 0 Å². The van der Waals surface area contributed by atoms with E-state index in [0.717, 1.165) is 34.1 Å². The molecular formula is C25H21N3OS. The number of nitrogens with zero attached hydrogens (tertiary/aromatic N) is 2. The SMILES string of the molecule is N[C@H](COc1cncc(-c2ccc3cnccc3c2)c1)Cc1csc2ccccc12. The number of ether oxygens (including phenoxy) is 1. The van der Waals surface area contributed by atoms with Crippen LogP contribution in [0.15, 0.2) is 84.8 Å². The zero-order valence-electron chi connectivity index (χ0n) is 16.4. The van der Waals surface area contributed by atoms with Gasteiger partial charge in [-0.2, -0.15) is 0 Å². The van der Waals surface area contributed by atoms with Crippen LogP contribution in [0.3, 0.4) is 0 Å². The molecule has 5 heteroatoms. The summed E-state index contributed by atoms with van der Waals surface area (Å²) in [5.74, 6) is 0.730. The minimum absolute atomic E-state index is 0.0835. The second-order valence-electron chi connectivity index (χ2n) is 7.38. The lowest BCUT2D eigenvalue weighted by Gasteiger charge is -2.13. The molecule has 0 spiro atoms. The van der Waals surface area contributed by atoms with Crippen molar-refractivity contribution in [2.24, 2.45) is 5.73 Å². The van der Waals surface area contributed by atoms with Gasteiger partial charge in [0.25, 0.3) is 0 Å². The van der Waals surface area contributed by atoms with Crippen LogP contribution in [-0.4, -0.2) is 22.6 Å². The topological polar surface area (TPSA) is 61.0 Å². The van der Waals surface area contributed by atoms with E-state index in [4.69, 9.17) is 10.5 Å². The molecule has 0 saturated heterocycles.